The van der Waals surface area contributed by atoms with E-state index >= 15 is 0 Å². The van der Waals surface area contributed by atoms with Gasteiger partial charge in [0, 0.05) is 47.6 Å². The van der Waals surface area contributed by atoms with E-state index in [1.807, 2.05) is 48.5 Å². The van der Waals surface area contributed by atoms with E-state index in [1.54, 1.807) is 24.3 Å². The molecule has 20 heteroatoms. The number of pyridine rings is 2. The van der Waals surface area contributed by atoms with Crippen molar-refractivity contribution in [3.63, 3.8) is 0 Å². The summed E-state index contributed by atoms with van der Waals surface area (Å²) in [4.78, 5) is 49.6. The van der Waals surface area contributed by atoms with Crippen LogP contribution in [0.25, 0.3) is 0 Å². The number of aryl methyl sites for hydroxylation is 4. The molecule has 14 nitrogen and oxygen atoms in total. The molecular formula is C51H56F6N12O2. The maximum Gasteiger partial charge on any atom is 0.419 e. The summed E-state index contributed by atoms with van der Waals surface area (Å²) in [6.45, 7) is 4.12. The summed E-state index contributed by atoms with van der Waals surface area (Å²) in [5, 5.41) is 9.38. The lowest BCUT2D eigenvalue weighted by atomic mass is 9.89. The molecule has 2 saturated heterocycles. The van der Waals surface area contributed by atoms with Crippen LogP contribution >= 0.6 is 0 Å². The van der Waals surface area contributed by atoms with Crippen LogP contribution in [0, 0.1) is 0 Å². The molecule has 4 aromatic heterocycles. The number of piperidine rings is 2. The number of hydrogen-bond donors (Lipinski definition) is 5. The Hall–Kier alpha value is -7.06. The molecule has 0 aliphatic carbocycles. The number of nitrogens with one attached hydrogen (secondary N) is 3. The first-order valence-electron chi connectivity index (χ1n) is 23.4. The summed E-state index contributed by atoms with van der Waals surface area (Å²) in [6.07, 6.45) is 0.0978. The molecule has 374 valence electrons. The van der Waals surface area contributed by atoms with Gasteiger partial charge in [0.25, 0.3) is 0 Å². The normalized spacial score (nSPS) is 14.9. The van der Waals surface area contributed by atoms with Crippen LogP contribution in [0.15, 0.2) is 97.6 Å². The number of anilines is 4. The zero-order valence-corrected chi connectivity index (χ0v) is 39.2. The third-order valence-electron chi connectivity index (χ3n) is 12.6. The third kappa shape index (κ3) is 15.0. The van der Waals surface area contributed by atoms with Crippen LogP contribution in [0.1, 0.15) is 93.7 Å². The highest BCUT2D eigenvalue weighted by atomic mass is 19.4. The summed E-state index contributed by atoms with van der Waals surface area (Å²) in [6, 6.07) is 22.4. The van der Waals surface area contributed by atoms with Crippen molar-refractivity contribution in [1.29, 1.82) is 0 Å². The number of benzene rings is 2. The van der Waals surface area contributed by atoms with Crippen LogP contribution in [-0.4, -0.2) is 79.8 Å². The Morgan fingerprint density at radius 2 is 0.986 bits per heavy atom. The van der Waals surface area contributed by atoms with Gasteiger partial charge < -0.3 is 32.3 Å². The van der Waals surface area contributed by atoms with E-state index in [0.29, 0.717) is 45.7 Å². The largest absolute Gasteiger partial charge is 0.419 e. The SMILES string of the molecule is CN1CCC(c2ccc(Nc3ncc(C(F)(F)F)c(CCc4ncccc4CC(N)=O)n3)cc2)CC1.NC(=O)Cc1cccnc1CCc1nc(Nc2ccc(C3CCNCC3)cc2)ncc1C(F)(F)F. The van der Waals surface area contributed by atoms with Gasteiger partial charge in [-0.25, -0.2) is 19.9 Å². The molecule has 7 N–H and O–H groups in total. The van der Waals surface area contributed by atoms with Crippen LogP contribution in [0.4, 0.5) is 49.6 Å². The zero-order chi connectivity index (χ0) is 50.5. The van der Waals surface area contributed by atoms with Crippen LogP contribution in [-0.2, 0) is 60.5 Å². The monoisotopic (exact) mass is 982 g/mol. The molecule has 8 rings (SSSR count). The molecule has 2 aliphatic heterocycles. The van der Waals surface area contributed by atoms with Crippen molar-refractivity contribution < 1.29 is 35.9 Å². The molecule has 2 fully saturated rings. The van der Waals surface area contributed by atoms with Crippen LogP contribution < -0.4 is 27.4 Å². The van der Waals surface area contributed by atoms with Crippen molar-refractivity contribution in [2.24, 2.45) is 11.5 Å². The molecular weight excluding hydrogens is 927 g/mol. The predicted molar refractivity (Wildman–Crippen MR) is 257 cm³/mol. The number of amides is 2. The van der Waals surface area contributed by atoms with Gasteiger partial charge in [0.1, 0.15) is 0 Å². The Kier molecular flexibility index (Phi) is 17.3. The molecule has 0 saturated carbocycles. The number of halogens is 6. The Balaban J connectivity index is 0.000000209. The minimum absolute atomic E-state index is 0.0239. The maximum absolute atomic E-state index is 13.6. The summed E-state index contributed by atoms with van der Waals surface area (Å²) in [5.74, 6) is 0.121. The Labute approximate surface area is 407 Å². The Morgan fingerprint density at radius 3 is 1.38 bits per heavy atom. The quantitative estimate of drug-likeness (QED) is 0.0583. The fraction of sp³-hybridized carbons (Fsp3) is 0.373. The van der Waals surface area contributed by atoms with Crippen LogP contribution in [0.5, 0.6) is 0 Å². The van der Waals surface area contributed by atoms with Crippen molar-refractivity contribution in [3.8, 4) is 0 Å². The number of carbonyl (C=O) groups excluding carboxylic acids is 2. The van der Waals surface area contributed by atoms with Gasteiger partial charge in [-0.15, -0.1) is 0 Å². The van der Waals surface area contributed by atoms with E-state index in [0.717, 1.165) is 64.3 Å². The molecule has 0 radical (unpaired) electrons. The number of likely N-dealkylation sites (tertiary alicyclic amines) is 1. The van der Waals surface area contributed by atoms with Crippen molar-refractivity contribution in [2.75, 3.05) is 43.9 Å². The van der Waals surface area contributed by atoms with Gasteiger partial charge in [-0.05, 0) is 155 Å². The first kappa shape index (κ1) is 51.8. The first-order chi connectivity index (χ1) is 34.0. The van der Waals surface area contributed by atoms with Gasteiger partial charge in [-0.2, -0.15) is 26.3 Å². The van der Waals surface area contributed by atoms with Gasteiger partial charge >= 0.3 is 12.4 Å². The highest BCUT2D eigenvalue weighted by Crippen LogP contribution is 2.35. The lowest BCUT2D eigenvalue weighted by molar-refractivity contribution is -0.139. The number of rotatable bonds is 16. The molecule has 0 bridgehead atoms. The predicted octanol–water partition coefficient (Wildman–Crippen LogP) is 8.17. The van der Waals surface area contributed by atoms with E-state index in [2.05, 4.69) is 57.8 Å². The van der Waals surface area contributed by atoms with E-state index in [1.165, 1.54) is 23.5 Å². The van der Waals surface area contributed by atoms with Gasteiger partial charge in [-0.3, -0.25) is 19.6 Å². The molecule has 2 aromatic carbocycles. The Bertz CT molecular complexity index is 2720. The molecule has 2 amide bonds. The summed E-state index contributed by atoms with van der Waals surface area (Å²) in [5.41, 5.74) is 14.6. The molecule has 6 aromatic rings. The van der Waals surface area contributed by atoms with E-state index in [9.17, 15) is 35.9 Å². The minimum atomic E-state index is -4.59. The van der Waals surface area contributed by atoms with Crippen LogP contribution in [0.3, 0.4) is 0 Å². The Morgan fingerprint density at radius 1 is 0.592 bits per heavy atom. The molecule has 6 heterocycles. The second kappa shape index (κ2) is 23.7. The average molecular weight is 983 g/mol. The standard InChI is InChI=1S/C26H29F3N6O.C25H27F3N6O/c1-35-13-10-18(11-14-35)17-4-6-20(7-5-17)33-25-32-16-21(26(27,28)29)23(34-25)9-8-22-19(15-24(30)36)3-2-12-31-22;26-25(27,28)20-15-32-24(33-19-5-3-16(4-6-19)17-9-12-30-13-10-17)34-22(20)8-7-21-18(14-23(29)35)2-1-11-31-21/h2-7,12,16,18H,8-11,13-15H2,1H3,(H2,30,36)(H,32,33,34);1-6,11,15,17,30H,7-10,12-14H2,(H2,29,35)(H,32,33,34). The average Bonchev–Trinajstić information content (AvgIpc) is 3.34. The van der Waals surface area contributed by atoms with Crippen molar-refractivity contribution in [3.05, 3.63) is 154 Å². The van der Waals surface area contributed by atoms with Gasteiger partial charge in [-0.1, -0.05) is 36.4 Å². The smallest absolute Gasteiger partial charge is 0.369 e. The highest BCUT2D eigenvalue weighted by Gasteiger charge is 2.36. The number of alkyl halides is 6. The van der Waals surface area contributed by atoms with E-state index in [-0.39, 0.29) is 61.8 Å². The van der Waals surface area contributed by atoms with Gasteiger partial charge in [0.05, 0.1) is 35.4 Å². The second-order valence-electron chi connectivity index (χ2n) is 17.7. The summed E-state index contributed by atoms with van der Waals surface area (Å²) in [7, 11) is 2.12. The zero-order valence-electron chi connectivity index (χ0n) is 39.2. The number of nitrogens with two attached hydrogens (primary N) is 2. The number of primary amides is 2. The van der Waals surface area contributed by atoms with Crippen LogP contribution in [0.2, 0.25) is 0 Å². The third-order valence-corrected chi connectivity index (χ3v) is 12.6. The van der Waals surface area contributed by atoms with E-state index in [4.69, 9.17) is 11.5 Å². The van der Waals surface area contributed by atoms with Gasteiger partial charge in [0.2, 0.25) is 23.7 Å². The fourth-order valence-electron chi connectivity index (χ4n) is 8.81. The van der Waals surface area contributed by atoms with Crippen molar-refractivity contribution in [2.45, 2.75) is 88.4 Å². The topological polar surface area (TPSA) is 203 Å². The second-order valence-corrected chi connectivity index (χ2v) is 17.7. The molecule has 0 spiro atoms. The lowest BCUT2D eigenvalue weighted by Crippen LogP contribution is -2.29. The first-order valence-corrected chi connectivity index (χ1v) is 23.4. The van der Waals surface area contributed by atoms with Crippen molar-refractivity contribution in [1.82, 2.24) is 40.1 Å². The summed E-state index contributed by atoms with van der Waals surface area (Å²) < 4.78 is 81.8. The summed E-state index contributed by atoms with van der Waals surface area (Å²) >= 11 is 0. The highest BCUT2D eigenvalue weighted by molar-refractivity contribution is 5.77. The number of hydrogen-bond acceptors (Lipinski definition) is 12. The number of aromatic nitrogens is 6. The fourth-order valence-corrected chi connectivity index (χ4v) is 8.81. The van der Waals surface area contributed by atoms with Gasteiger partial charge in [0.15, 0.2) is 0 Å². The molecule has 0 unspecified atom stereocenters. The van der Waals surface area contributed by atoms with Crippen molar-refractivity contribution >= 4 is 35.1 Å². The molecule has 71 heavy (non-hydrogen) atoms. The number of nitrogens with zero attached hydrogens (tertiary/aromatic N) is 7. The number of carbonyl (C=O) groups is 2. The van der Waals surface area contributed by atoms with E-state index < -0.39 is 35.3 Å². The minimum Gasteiger partial charge on any atom is -0.369 e. The maximum atomic E-state index is 13.6. The molecule has 0 atom stereocenters. The lowest BCUT2D eigenvalue weighted by Gasteiger charge is -2.29. The molecule has 2 aliphatic rings.